The molecule has 0 aromatic rings. The van der Waals surface area contributed by atoms with Crippen molar-refractivity contribution in [3.63, 3.8) is 0 Å². The van der Waals surface area contributed by atoms with Crippen molar-refractivity contribution in [2.24, 2.45) is 11.3 Å². The number of methoxy groups -OCH3 is 1. The maximum atomic E-state index is 5.00. The van der Waals surface area contributed by atoms with Gasteiger partial charge in [0.05, 0.1) is 0 Å². The van der Waals surface area contributed by atoms with Gasteiger partial charge in [-0.25, -0.2) is 0 Å². The van der Waals surface area contributed by atoms with Crippen LogP contribution in [0.5, 0.6) is 0 Å². The zero-order valence-electron chi connectivity index (χ0n) is 10.5. The first-order valence-electron chi connectivity index (χ1n) is 5.70. The van der Waals surface area contributed by atoms with Gasteiger partial charge in [-0.3, -0.25) is 0 Å². The number of unbranched alkanes of at least 4 members (excludes halogenated alkanes) is 1. The Balaban J connectivity index is 3.35. The number of hydrogen-bond acceptors (Lipinski definition) is 2. The lowest BCUT2D eigenvalue weighted by atomic mass is 9.81. The lowest BCUT2D eigenvalue weighted by Crippen LogP contribution is -2.34. The van der Waals surface area contributed by atoms with Gasteiger partial charge in [0.15, 0.2) is 0 Å². The Morgan fingerprint density at radius 3 is 2.36 bits per heavy atom. The summed E-state index contributed by atoms with van der Waals surface area (Å²) in [5.74, 6) is 0.731. The highest BCUT2D eigenvalue weighted by molar-refractivity contribution is 4.74. The maximum Gasteiger partial charge on any atom is 0.0462 e. The minimum atomic E-state index is 0.404. The molecule has 0 aliphatic carbocycles. The van der Waals surface area contributed by atoms with E-state index in [0.717, 1.165) is 32.0 Å². The van der Waals surface area contributed by atoms with Crippen LogP contribution in [0.2, 0.25) is 0 Å². The van der Waals surface area contributed by atoms with Crippen molar-refractivity contribution >= 4 is 0 Å². The van der Waals surface area contributed by atoms with E-state index in [-0.39, 0.29) is 0 Å². The molecule has 1 N–H and O–H groups in total. The van der Waals surface area contributed by atoms with E-state index < -0.39 is 0 Å². The van der Waals surface area contributed by atoms with E-state index in [4.69, 9.17) is 4.74 Å². The summed E-state index contributed by atoms with van der Waals surface area (Å²) >= 11 is 0. The molecule has 0 atom stereocenters. The maximum absolute atomic E-state index is 5.00. The first kappa shape index (κ1) is 13.9. The van der Waals surface area contributed by atoms with E-state index in [2.05, 4.69) is 33.0 Å². The third-order valence-corrected chi connectivity index (χ3v) is 3.10. The van der Waals surface area contributed by atoms with E-state index in [1.807, 2.05) is 0 Å². The summed E-state index contributed by atoms with van der Waals surface area (Å²) in [7, 11) is 1.76. The Labute approximate surface area is 89.4 Å². The van der Waals surface area contributed by atoms with Gasteiger partial charge in [-0.2, -0.15) is 0 Å². The van der Waals surface area contributed by atoms with E-state index in [0.29, 0.717) is 5.41 Å². The molecule has 86 valence electrons. The largest absolute Gasteiger partial charge is 0.385 e. The van der Waals surface area contributed by atoms with Crippen LogP contribution in [-0.2, 0) is 4.74 Å². The van der Waals surface area contributed by atoms with E-state index in [1.165, 1.54) is 6.42 Å². The van der Waals surface area contributed by atoms with Crippen molar-refractivity contribution < 1.29 is 4.74 Å². The smallest absolute Gasteiger partial charge is 0.0462 e. The molecule has 0 aliphatic heterocycles. The molecule has 0 spiro atoms. The van der Waals surface area contributed by atoms with Crippen LogP contribution >= 0.6 is 0 Å². The Kier molecular flexibility index (Phi) is 7.20. The zero-order chi connectivity index (χ0) is 11.0. The van der Waals surface area contributed by atoms with Crippen molar-refractivity contribution in [2.45, 2.75) is 40.5 Å². The van der Waals surface area contributed by atoms with Gasteiger partial charge < -0.3 is 10.1 Å². The van der Waals surface area contributed by atoms with Crippen LogP contribution in [-0.4, -0.2) is 26.8 Å². The van der Waals surface area contributed by atoms with Crippen molar-refractivity contribution in [3.8, 4) is 0 Å². The molecular formula is C12H27NO. The number of hydrogen-bond donors (Lipinski definition) is 1. The number of ether oxygens (including phenoxy) is 1. The molecule has 0 aliphatic rings. The van der Waals surface area contributed by atoms with Crippen molar-refractivity contribution in [3.05, 3.63) is 0 Å². The second kappa shape index (κ2) is 7.24. The Bertz CT molecular complexity index is 132. The highest BCUT2D eigenvalue weighted by Gasteiger charge is 2.21. The van der Waals surface area contributed by atoms with Crippen LogP contribution in [0.4, 0.5) is 0 Å². The molecule has 14 heavy (non-hydrogen) atoms. The van der Waals surface area contributed by atoms with Crippen LogP contribution in [0, 0.1) is 11.3 Å². The highest BCUT2D eigenvalue weighted by Crippen LogP contribution is 2.24. The summed E-state index contributed by atoms with van der Waals surface area (Å²) in [6.07, 6.45) is 2.37. The quantitative estimate of drug-likeness (QED) is 0.610. The van der Waals surface area contributed by atoms with Gasteiger partial charge in [0.25, 0.3) is 0 Å². The van der Waals surface area contributed by atoms with Gasteiger partial charge in [-0.05, 0) is 30.7 Å². The molecule has 0 amide bonds. The summed E-state index contributed by atoms with van der Waals surface area (Å²) in [5, 5.41) is 3.51. The fourth-order valence-corrected chi connectivity index (χ4v) is 1.11. The van der Waals surface area contributed by atoms with Crippen molar-refractivity contribution in [2.75, 3.05) is 26.8 Å². The van der Waals surface area contributed by atoms with Crippen LogP contribution in [0.15, 0.2) is 0 Å². The van der Waals surface area contributed by atoms with Gasteiger partial charge in [-0.15, -0.1) is 0 Å². The molecule has 0 aromatic heterocycles. The normalized spacial score (nSPS) is 12.4. The lowest BCUT2D eigenvalue weighted by Gasteiger charge is -2.29. The topological polar surface area (TPSA) is 21.3 Å². The fraction of sp³-hybridized carbons (Fsp3) is 1.00. The van der Waals surface area contributed by atoms with Crippen LogP contribution in [0.3, 0.4) is 0 Å². The summed E-state index contributed by atoms with van der Waals surface area (Å²) < 4.78 is 5.00. The molecule has 0 fully saturated rings. The highest BCUT2D eigenvalue weighted by atomic mass is 16.5. The number of rotatable bonds is 8. The molecule has 0 saturated heterocycles. The predicted molar refractivity (Wildman–Crippen MR) is 62.6 cm³/mol. The monoisotopic (exact) mass is 201 g/mol. The molecule has 0 saturated carbocycles. The van der Waals surface area contributed by atoms with Crippen LogP contribution in [0.25, 0.3) is 0 Å². The molecule has 0 heterocycles. The van der Waals surface area contributed by atoms with Gasteiger partial charge in [-0.1, -0.05) is 27.7 Å². The second-order valence-electron chi connectivity index (χ2n) is 5.02. The van der Waals surface area contributed by atoms with Crippen molar-refractivity contribution in [1.82, 2.24) is 5.32 Å². The Morgan fingerprint density at radius 2 is 1.86 bits per heavy atom. The molecule has 0 bridgehead atoms. The lowest BCUT2D eigenvalue weighted by molar-refractivity contribution is 0.191. The van der Waals surface area contributed by atoms with Crippen LogP contribution < -0.4 is 5.32 Å². The van der Waals surface area contributed by atoms with E-state index >= 15 is 0 Å². The van der Waals surface area contributed by atoms with Gasteiger partial charge in [0.2, 0.25) is 0 Å². The molecule has 0 aromatic carbocycles. The van der Waals surface area contributed by atoms with E-state index in [1.54, 1.807) is 7.11 Å². The summed E-state index contributed by atoms with van der Waals surface area (Å²) in [6, 6.07) is 0. The molecular weight excluding hydrogens is 174 g/mol. The second-order valence-corrected chi connectivity index (χ2v) is 5.02. The van der Waals surface area contributed by atoms with Gasteiger partial charge in [0, 0.05) is 20.3 Å². The minimum absolute atomic E-state index is 0.404. The number of nitrogens with one attached hydrogen (secondary N) is 1. The van der Waals surface area contributed by atoms with Gasteiger partial charge >= 0.3 is 0 Å². The zero-order valence-corrected chi connectivity index (χ0v) is 10.5. The average molecular weight is 201 g/mol. The third-order valence-electron chi connectivity index (χ3n) is 3.10. The molecule has 0 rings (SSSR count). The first-order valence-corrected chi connectivity index (χ1v) is 5.70. The minimum Gasteiger partial charge on any atom is -0.385 e. The van der Waals surface area contributed by atoms with Gasteiger partial charge in [0.1, 0.15) is 0 Å². The standard InChI is InChI=1S/C12H27NO/c1-11(2)12(3,4)10-13-8-6-7-9-14-5/h11,13H,6-10H2,1-5H3. The Hall–Kier alpha value is -0.0800. The molecule has 2 nitrogen and oxygen atoms in total. The first-order chi connectivity index (χ1) is 6.50. The fourth-order valence-electron chi connectivity index (χ4n) is 1.11. The van der Waals surface area contributed by atoms with Crippen molar-refractivity contribution in [1.29, 1.82) is 0 Å². The molecule has 2 heteroatoms. The van der Waals surface area contributed by atoms with E-state index in [9.17, 15) is 0 Å². The Morgan fingerprint density at radius 1 is 1.21 bits per heavy atom. The SMILES string of the molecule is COCCCCNCC(C)(C)C(C)C. The average Bonchev–Trinajstić information content (AvgIpc) is 2.10. The third kappa shape index (κ3) is 6.39. The summed E-state index contributed by atoms with van der Waals surface area (Å²) in [4.78, 5) is 0. The van der Waals surface area contributed by atoms with Crippen LogP contribution in [0.1, 0.15) is 40.5 Å². The molecule has 0 unspecified atom stereocenters. The summed E-state index contributed by atoms with van der Waals surface area (Å²) in [5.41, 5.74) is 0.404. The molecule has 0 radical (unpaired) electrons. The summed E-state index contributed by atoms with van der Waals surface area (Å²) in [6.45, 7) is 12.3. The predicted octanol–water partition coefficient (Wildman–Crippen LogP) is 2.68.